The van der Waals surface area contributed by atoms with Crippen LogP contribution in [0.15, 0.2) is 53.7 Å². The summed E-state index contributed by atoms with van der Waals surface area (Å²) in [6.07, 6.45) is 1.93. The van der Waals surface area contributed by atoms with Crippen LogP contribution in [0.25, 0.3) is 11.3 Å². The molecule has 2 aromatic carbocycles. The van der Waals surface area contributed by atoms with E-state index in [1.807, 2.05) is 49.6 Å². The second-order valence-electron chi connectivity index (χ2n) is 7.80. The molecule has 0 amide bonds. The molecule has 0 bridgehead atoms. The number of nitrogens with one attached hydrogen (secondary N) is 1. The Balaban J connectivity index is 2.02. The molecule has 30 heavy (non-hydrogen) atoms. The van der Waals surface area contributed by atoms with Crippen molar-refractivity contribution in [1.82, 2.24) is 9.97 Å². The molecule has 5 nitrogen and oxygen atoms in total. The van der Waals surface area contributed by atoms with E-state index in [0.29, 0.717) is 28.8 Å². The average Bonchev–Trinajstić information content (AvgIpc) is 2.74. The van der Waals surface area contributed by atoms with Crippen molar-refractivity contribution < 1.29 is 4.74 Å². The summed E-state index contributed by atoms with van der Waals surface area (Å²) in [5.74, 6) is 1.30. The van der Waals surface area contributed by atoms with Gasteiger partial charge in [-0.25, -0.2) is 9.97 Å². The highest BCUT2D eigenvalue weighted by molar-refractivity contribution is 7.98. The van der Waals surface area contributed by atoms with Gasteiger partial charge in [-0.15, -0.1) is 0 Å². The lowest BCUT2D eigenvalue weighted by atomic mass is 9.86. The van der Waals surface area contributed by atoms with E-state index >= 15 is 0 Å². The highest BCUT2D eigenvalue weighted by Gasteiger charge is 2.18. The standard InChI is InChI=1S/C24H26N4OS/c1-6-29-19-13-11-18(12-14-19)26-22-20(15-25)21(27-23(28-22)30-5)16-7-9-17(10-8-16)24(2,3)4/h7-14H,6H2,1-5H3,(H,26,27,28). The second kappa shape index (κ2) is 9.19. The average molecular weight is 419 g/mol. The van der Waals surface area contributed by atoms with Crippen molar-refractivity contribution in [3.8, 4) is 23.1 Å². The van der Waals surface area contributed by atoms with E-state index in [9.17, 15) is 5.26 Å². The molecule has 154 valence electrons. The highest BCUT2D eigenvalue weighted by Crippen LogP contribution is 2.32. The molecule has 0 aliphatic rings. The Hall–Kier alpha value is -3.04. The zero-order chi connectivity index (χ0) is 21.7. The Morgan fingerprint density at radius 1 is 1.03 bits per heavy atom. The van der Waals surface area contributed by atoms with Crippen molar-refractivity contribution in [3.05, 3.63) is 59.7 Å². The van der Waals surface area contributed by atoms with Crippen LogP contribution in [-0.4, -0.2) is 22.8 Å². The Morgan fingerprint density at radius 3 is 2.23 bits per heavy atom. The Labute approximate surface area is 182 Å². The van der Waals surface area contributed by atoms with Gasteiger partial charge in [0, 0.05) is 11.3 Å². The summed E-state index contributed by atoms with van der Waals surface area (Å²) in [4.78, 5) is 9.18. The first-order chi connectivity index (χ1) is 14.4. The third-order valence-corrected chi connectivity index (χ3v) is 5.18. The fraction of sp³-hybridized carbons (Fsp3) is 0.292. The largest absolute Gasteiger partial charge is 0.494 e. The molecule has 0 atom stereocenters. The number of aromatic nitrogens is 2. The summed E-state index contributed by atoms with van der Waals surface area (Å²) in [5, 5.41) is 13.8. The van der Waals surface area contributed by atoms with Gasteiger partial charge in [-0.3, -0.25) is 0 Å². The van der Waals surface area contributed by atoms with Crippen LogP contribution < -0.4 is 10.1 Å². The normalized spacial score (nSPS) is 11.1. The number of thioether (sulfide) groups is 1. The molecule has 3 aromatic rings. The molecular formula is C24H26N4OS. The predicted octanol–water partition coefficient (Wildman–Crippen LogP) is 6.18. The van der Waals surface area contributed by atoms with Gasteiger partial charge in [0.05, 0.1) is 12.3 Å². The smallest absolute Gasteiger partial charge is 0.189 e. The number of hydrogen-bond donors (Lipinski definition) is 1. The summed E-state index contributed by atoms with van der Waals surface area (Å²) in [7, 11) is 0. The van der Waals surface area contributed by atoms with Gasteiger partial charge in [0.2, 0.25) is 0 Å². The summed E-state index contributed by atoms with van der Waals surface area (Å²) >= 11 is 1.45. The molecule has 0 fully saturated rings. The SMILES string of the molecule is CCOc1ccc(Nc2nc(SC)nc(-c3ccc(C(C)(C)C)cc3)c2C#N)cc1. The summed E-state index contributed by atoms with van der Waals surface area (Å²) in [6.45, 7) is 9.10. The molecule has 0 spiro atoms. The fourth-order valence-electron chi connectivity index (χ4n) is 3.00. The van der Waals surface area contributed by atoms with Gasteiger partial charge in [-0.05, 0) is 48.4 Å². The van der Waals surface area contributed by atoms with E-state index in [0.717, 1.165) is 17.0 Å². The van der Waals surface area contributed by atoms with Crippen molar-refractivity contribution >= 4 is 23.3 Å². The lowest BCUT2D eigenvalue weighted by molar-refractivity contribution is 0.340. The maximum Gasteiger partial charge on any atom is 0.189 e. The van der Waals surface area contributed by atoms with Crippen LogP contribution in [0.4, 0.5) is 11.5 Å². The molecule has 6 heteroatoms. The number of hydrogen-bond acceptors (Lipinski definition) is 6. The molecule has 1 aromatic heterocycles. The lowest BCUT2D eigenvalue weighted by Gasteiger charge is -2.19. The second-order valence-corrected chi connectivity index (χ2v) is 8.58. The maximum atomic E-state index is 9.90. The van der Waals surface area contributed by atoms with Gasteiger partial charge >= 0.3 is 0 Å². The van der Waals surface area contributed by atoms with Crippen LogP contribution in [0, 0.1) is 11.3 Å². The number of benzene rings is 2. The molecule has 0 radical (unpaired) electrons. The van der Waals surface area contributed by atoms with Gasteiger partial charge in [0.1, 0.15) is 17.4 Å². The van der Waals surface area contributed by atoms with Gasteiger partial charge in [-0.1, -0.05) is 56.8 Å². The zero-order valence-electron chi connectivity index (χ0n) is 18.0. The van der Waals surface area contributed by atoms with Gasteiger partial charge in [0.25, 0.3) is 0 Å². The molecule has 0 aliphatic carbocycles. The van der Waals surface area contributed by atoms with E-state index in [2.05, 4.69) is 54.3 Å². The molecule has 1 N–H and O–H groups in total. The third-order valence-electron chi connectivity index (χ3n) is 4.64. The fourth-order valence-corrected chi connectivity index (χ4v) is 3.37. The molecule has 0 saturated heterocycles. The van der Waals surface area contributed by atoms with Crippen LogP contribution >= 0.6 is 11.8 Å². The van der Waals surface area contributed by atoms with Crippen molar-refractivity contribution in [2.45, 2.75) is 38.3 Å². The van der Waals surface area contributed by atoms with E-state index in [1.165, 1.54) is 17.3 Å². The highest BCUT2D eigenvalue weighted by atomic mass is 32.2. The minimum atomic E-state index is 0.0626. The molecule has 3 rings (SSSR count). The first-order valence-electron chi connectivity index (χ1n) is 9.82. The molecule has 0 unspecified atom stereocenters. The molecule has 0 saturated carbocycles. The van der Waals surface area contributed by atoms with E-state index in [1.54, 1.807) is 0 Å². The monoisotopic (exact) mass is 418 g/mol. The number of rotatable bonds is 6. The minimum Gasteiger partial charge on any atom is -0.494 e. The van der Waals surface area contributed by atoms with Crippen LogP contribution in [-0.2, 0) is 5.41 Å². The first-order valence-corrected chi connectivity index (χ1v) is 11.0. The number of anilines is 2. The van der Waals surface area contributed by atoms with Crippen molar-refractivity contribution in [3.63, 3.8) is 0 Å². The minimum absolute atomic E-state index is 0.0626. The summed E-state index contributed by atoms with van der Waals surface area (Å²) in [6, 6.07) is 18.1. The third kappa shape index (κ3) is 4.92. The van der Waals surface area contributed by atoms with Crippen LogP contribution in [0.2, 0.25) is 0 Å². The summed E-state index contributed by atoms with van der Waals surface area (Å²) < 4.78 is 5.49. The Kier molecular flexibility index (Phi) is 6.63. The van der Waals surface area contributed by atoms with E-state index < -0.39 is 0 Å². The maximum absolute atomic E-state index is 9.90. The van der Waals surface area contributed by atoms with Crippen LogP contribution in [0.3, 0.4) is 0 Å². The molecule has 0 aliphatic heterocycles. The number of nitrogens with zero attached hydrogens (tertiary/aromatic N) is 3. The van der Waals surface area contributed by atoms with Crippen LogP contribution in [0.5, 0.6) is 5.75 Å². The lowest BCUT2D eigenvalue weighted by Crippen LogP contribution is -2.10. The van der Waals surface area contributed by atoms with E-state index in [4.69, 9.17) is 4.74 Å². The van der Waals surface area contributed by atoms with Gasteiger partial charge in [-0.2, -0.15) is 5.26 Å². The summed E-state index contributed by atoms with van der Waals surface area (Å²) in [5.41, 5.74) is 4.07. The zero-order valence-corrected chi connectivity index (χ0v) is 18.8. The Bertz CT molecular complexity index is 1050. The van der Waals surface area contributed by atoms with Crippen molar-refractivity contribution in [2.24, 2.45) is 0 Å². The van der Waals surface area contributed by atoms with Crippen LogP contribution in [0.1, 0.15) is 38.8 Å². The van der Waals surface area contributed by atoms with Gasteiger partial charge < -0.3 is 10.1 Å². The van der Waals surface area contributed by atoms with Crippen molar-refractivity contribution in [1.29, 1.82) is 5.26 Å². The molecule has 1 heterocycles. The first kappa shape index (κ1) is 21.7. The van der Waals surface area contributed by atoms with Gasteiger partial charge in [0.15, 0.2) is 11.0 Å². The molecular weight excluding hydrogens is 392 g/mol. The Morgan fingerprint density at radius 2 is 1.70 bits per heavy atom. The number of ether oxygens (including phenoxy) is 1. The van der Waals surface area contributed by atoms with E-state index in [-0.39, 0.29) is 5.41 Å². The number of nitriles is 1. The topological polar surface area (TPSA) is 70.8 Å². The predicted molar refractivity (Wildman–Crippen MR) is 124 cm³/mol. The quantitative estimate of drug-likeness (QED) is 0.381. The van der Waals surface area contributed by atoms with Crippen molar-refractivity contribution in [2.75, 3.05) is 18.2 Å².